The van der Waals surface area contributed by atoms with Gasteiger partial charge in [-0.05, 0) is 49.2 Å². The van der Waals surface area contributed by atoms with Crippen molar-refractivity contribution < 1.29 is 18.3 Å². The molecule has 6 heteroatoms. The van der Waals surface area contributed by atoms with Gasteiger partial charge in [-0.2, -0.15) is 0 Å². The summed E-state index contributed by atoms with van der Waals surface area (Å²) < 4.78 is 31.7. The number of cyclic esters (lactones) is 1. The van der Waals surface area contributed by atoms with E-state index in [0.717, 1.165) is 11.1 Å². The molecule has 1 atom stereocenters. The van der Waals surface area contributed by atoms with Crippen molar-refractivity contribution in [2.75, 3.05) is 24.7 Å². The number of carbonyl (C=O) groups excluding carboxylic acids is 1. The molecule has 0 aliphatic carbocycles. The number of rotatable bonds is 7. The second kappa shape index (κ2) is 8.27. The highest BCUT2D eigenvalue weighted by Gasteiger charge is 2.29. The molecule has 1 unspecified atom stereocenters. The summed E-state index contributed by atoms with van der Waals surface area (Å²) in [6.45, 7) is 3.18. The zero-order valence-corrected chi connectivity index (χ0v) is 14.7. The second-order valence-electron chi connectivity index (χ2n) is 6.39. The van der Waals surface area contributed by atoms with Crippen LogP contribution in [0.15, 0.2) is 42.5 Å². The van der Waals surface area contributed by atoms with Crippen molar-refractivity contribution in [3.8, 4) is 11.1 Å². The summed E-state index contributed by atoms with van der Waals surface area (Å²) in [6.07, 6.45) is -0.149. The molecule has 1 amide bonds. The van der Waals surface area contributed by atoms with Gasteiger partial charge >= 0.3 is 6.09 Å². The average molecular weight is 360 g/mol. The van der Waals surface area contributed by atoms with Crippen LogP contribution < -0.4 is 10.2 Å². The zero-order chi connectivity index (χ0) is 18.5. The van der Waals surface area contributed by atoms with Crippen molar-refractivity contribution in [1.82, 2.24) is 5.32 Å². The van der Waals surface area contributed by atoms with Crippen LogP contribution in [0.25, 0.3) is 11.1 Å². The van der Waals surface area contributed by atoms with E-state index in [0.29, 0.717) is 37.3 Å². The van der Waals surface area contributed by atoms with Crippen molar-refractivity contribution in [2.45, 2.75) is 26.0 Å². The fraction of sp³-hybridized carbons (Fsp3) is 0.350. The van der Waals surface area contributed by atoms with Gasteiger partial charge in [0.25, 0.3) is 0 Å². The molecular weight excluding hydrogens is 338 g/mol. The number of hydrogen-bond donors (Lipinski definition) is 1. The Morgan fingerprint density at radius 2 is 2.00 bits per heavy atom. The highest BCUT2D eigenvalue weighted by Crippen LogP contribution is 2.29. The number of nitrogens with one attached hydrogen (secondary N) is 1. The van der Waals surface area contributed by atoms with Crippen molar-refractivity contribution in [3.63, 3.8) is 0 Å². The van der Waals surface area contributed by atoms with Crippen LogP contribution in [0.2, 0.25) is 0 Å². The average Bonchev–Trinajstić information content (AvgIpc) is 2.98. The van der Waals surface area contributed by atoms with Crippen LogP contribution >= 0.6 is 0 Å². The van der Waals surface area contributed by atoms with Gasteiger partial charge in [-0.3, -0.25) is 9.29 Å². The van der Waals surface area contributed by atoms with Crippen molar-refractivity contribution in [1.29, 1.82) is 0 Å². The molecule has 0 spiro atoms. The molecule has 0 aromatic heterocycles. The highest BCUT2D eigenvalue weighted by atomic mass is 19.1. The largest absolute Gasteiger partial charge is 0.444 e. The number of anilines is 1. The van der Waals surface area contributed by atoms with Crippen molar-refractivity contribution in [3.05, 3.63) is 53.8 Å². The first-order chi connectivity index (χ1) is 12.6. The van der Waals surface area contributed by atoms with Crippen LogP contribution in [0.1, 0.15) is 18.9 Å². The molecule has 1 N–H and O–H groups in total. The molecule has 1 saturated heterocycles. The third kappa shape index (κ3) is 4.19. The maximum Gasteiger partial charge on any atom is 0.414 e. The topological polar surface area (TPSA) is 41.6 Å². The van der Waals surface area contributed by atoms with Crippen molar-refractivity contribution in [2.24, 2.45) is 0 Å². The molecule has 1 aliphatic heterocycles. The molecule has 26 heavy (non-hydrogen) atoms. The molecular formula is C20H22F2N2O2. The normalized spacial score (nSPS) is 16.8. The number of ether oxygens (including phenoxy) is 1. The van der Waals surface area contributed by atoms with E-state index in [1.54, 1.807) is 19.1 Å². The molecule has 138 valence electrons. The van der Waals surface area contributed by atoms with Crippen LogP contribution in [0.4, 0.5) is 19.3 Å². The summed E-state index contributed by atoms with van der Waals surface area (Å²) in [5.41, 5.74) is 2.79. The molecule has 0 radical (unpaired) electrons. The Morgan fingerprint density at radius 1 is 1.23 bits per heavy atom. The fourth-order valence-electron chi connectivity index (χ4n) is 2.95. The molecule has 2 aromatic carbocycles. The van der Waals surface area contributed by atoms with E-state index in [1.807, 2.05) is 24.3 Å². The summed E-state index contributed by atoms with van der Waals surface area (Å²) in [7, 11) is 0. The zero-order valence-electron chi connectivity index (χ0n) is 14.7. The Hall–Kier alpha value is -2.47. The maximum absolute atomic E-state index is 14.6. The predicted octanol–water partition coefficient (Wildman–Crippen LogP) is 4.29. The van der Waals surface area contributed by atoms with Gasteiger partial charge in [0.1, 0.15) is 11.9 Å². The van der Waals surface area contributed by atoms with Gasteiger partial charge < -0.3 is 10.1 Å². The highest BCUT2D eigenvalue weighted by molar-refractivity contribution is 5.90. The van der Waals surface area contributed by atoms with Gasteiger partial charge in [-0.1, -0.05) is 24.3 Å². The van der Waals surface area contributed by atoms with E-state index in [-0.39, 0.29) is 18.6 Å². The molecule has 1 aliphatic rings. The summed E-state index contributed by atoms with van der Waals surface area (Å²) in [4.78, 5) is 13.2. The van der Waals surface area contributed by atoms with Crippen LogP contribution in [0.5, 0.6) is 0 Å². The minimum absolute atomic E-state index is 0.198. The number of carbonyl (C=O) groups is 1. The monoisotopic (exact) mass is 360 g/mol. The Bertz CT molecular complexity index is 765. The lowest BCUT2D eigenvalue weighted by Gasteiger charge is -2.14. The minimum atomic E-state index is -0.450. The molecule has 3 rings (SSSR count). The third-order valence-electron chi connectivity index (χ3n) is 4.31. The molecule has 0 bridgehead atoms. The lowest BCUT2D eigenvalue weighted by atomic mass is 10.0. The van der Waals surface area contributed by atoms with E-state index in [2.05, 4.69) is 5.32 Å². The Balaban J connectivity index is 1.70. The van der Waals surface area contributed by atoms with Crippen molar-refractivity contribution >= 4 is 11.8 Å². The van der Waals surface area contributed by atoms with Crippen LogP contribution in [-0.2, 0) is 11.3 Å². The Morgan fingerprint density at radius 3 is 2.62 bits per heavy atom. The first-order valence-corrected chi connectivity index (χ1v) is 8.72. The molecule has 2 aromatic rings. The Labute approximate surface area is 151 Å². The fourth-order valence-corrected chi connectivity index (χ4v) is 2.95. The van der Waals surface area contributed by atoms with Gasteiger partial charge in [-0.15, -0.1) is 0 Å². The Kier molecular flexibility index (Phi) is 5.83. The van der Waals surface area contributed by atoms with Gasteiger partial charge in [0.2, 0.25) is 0 Å². The quantitative estimate of drug-likeness (QED) is 0.749. The standard InChI is InChI=1S/C20H22F2N2O2/c1-14-13-24(20(25)26-14)17-7-8-18(19(22)11-17)16-5-3-15(4-6-16)12-23-10-2-9-21/h3-8,11,14,23H,2,9-10,12-13H2,1H3. The number of amides is 1. The number of halogens is 2. The summed E-state index contributed by atoms with van der Waals surface area (Å²) in [5, 5.41) is 3.16. The number of benzene rings is 2. The van der Waals surface area contributed by atoms with E-state index in [1.165, 1.54) is 11.0 Å². The SMILES string of the molecule is CC1CN(c2ccc(-c3ccc(CNCCCF)cc3)c(F)c2)C(=O)O1. The van der Waals surface area contributed by atoms with Crippen LogP contribution in [0.3, 0.4) is 0 Å². The van der Waals surface area contributed by atoms with Gasteiger partial charge in [0, 0.05) is 12.1 Å². The maximum atomic E-state index is 14.6. The lowest BCUT2D eigenvalue weighted by molar-refractivity contribution is 0.150. The first kappa shape index (κ1) is 18.3. The second-order valence-corrected chi connectivity index (χ2v) is 6.39. The summed E-state index contributed by atoms with van der Waals surface area (Å²) in [6, 6.07) is 12.3. The van der Waals surface area contributed by atoms with Crippen LogP contribution in [0, 0.1) is 5.82 Å². The third-order valence-corrected chi connectivity index (χ3v) is 4.31. The first-order valence-electron chi connectivity index (χ1n) is 8.72. The number of hydrogen-bond acceptors (Lipinski definition) is 3. The predicted molar refractivity (Wildman–Crippen MR) is 97.4 cm³/mol. The summed E-state index contributed by atoms with van der Waals surface area (Å²) >= 11 is 0. The summed E-state index contributed by atoms with van der Waals surface area (Å²) in [5.74, 6) is -0.385. The van der Waals surface area contributed by atoms with Gasteiger partial charge in [0.15, 0.2) is 0 Å². The van der Waals surface area contributed by atoms with E-state index in [9.17, 15) is 13.6 Å². The smallest absolute Gasteiger partial charge is 0.414 e. The molecule has 0 saturated carbocycles. The van der Waals surface area contributed by atoms with Crippen LogP contribution in [-0.4, -0.2) is 32.0 Å². The van der Waals surface area contributed by atoms with E-state index in [4.69, 9.17) is 4.74 Å². The number of nitrogens with zero attached hydrogens (tertiary/aromatic N) is 1. The minimum Gasteiger partial charge on any atom is -0.444 e. The lowest BCUT2D eigenvalue weighted by Crippen LogP contribution is -2.24. The number of alkyl halides is 1. The van der Waals surface area contributed by atoms with Gasteiger partial charge in [0.05, 0.1) is 18.9 Å². The van der Waals surface area contributed by atoms with E-state index < -0.39 is 6.09 Å². The molecule has 4 nitrogen and oxygen atoms in total. The van der Waals surface area contributed by atoms with E-state index >= 15 is 0 Å². The molecule has 1 fully saturated rings. The molecule has 1 heterocycles. The van der Waals surface area contributed by atoms with Gasteiger partial charge in [-0.25, -0.2) is 9.18 Å².